The molecule has 2 amide bonds. The number of unbranched alkanes of at least 4 members (excludes halogenated alkanes) is 1. The minimum atomic E-state index is -4.79. The van der Waals surface area contributed by atoms with Crippen molar-refractivity contribution in [3.05, 3.63) is 59.1 Å². The number of nitrogens with one attached hydrogen (secondary N) is 1. The van der Waals surface area contributed by atoms with Crippen LogP contribution in [0.3, 0.4) is 0 Å². The van der Waals surface area contributed by atoms with Gasteiger partial charge in [-0.05, 0) is 54.8 Å². The second kappa shape index (κ2) is 9.49. The van der Waals surface area contributed by atoms with E-state index in [9.17, 15) is 18.0 Å². The van der Waals surface area contributed by atoms with Gasteiger partial charge in [0.1, 0.15) is 5.75 Å². The molecule has 0 saturated heterocycles. The summed E-state index contributed by atoms with van der Waals surface area (Å²) in [5, 5.41) is 17.9. The van der Waals surface area contributed by atoms with Crippen LogP contribution in [0.5, 0.6) is 5.75 Å². The number of alkyl halides is 3. The maximum Gasteiger partial charge on any atom is 0.573 e. The number of ether oxygens (including phenoxy) is 1. The van der Waals surface area contributed by atoms with Gasteiger partial charge < -0.3 is 10.1 Å². The maximum absolute atomic E-state index is 12.8. The number of benzene rings is 2. The molecule has 6 nitrogen and oxygen atoms in total. The first kappa shape index (κ1) is 23.4. The van der Waals surface area contributed by atoms with Crippen LogP contribution in [0.25, 0.3) is 0 Å². The average molecular weight is 465 g/mol. The van der Waals surface area contributed by atoms with Gasteiger partial charge in [-0.15, -0.1) is 13.2 Å². The Morgan fingerprint density at radius 2 is 1.91 bits per heavy atom. The van der Waals surface area contributed by atoms with Crippen LogP contribution in [0.4, 0.5) is 23.7 Å². The summed E-state index contributed by atoms with van der Waals surface area (Å²) in [4.78, 5) is 12.8. The Labute approximate surface area is 188 Å². The molecule has 1 heterocycles. The number of rotatable bonds is 6. The van der Waals surface area contributed by atoms with E-state index >= 15 is 0 Å². The molecule has 1 atom stereocenters. The highest BCUT2D eigenvalue weighted by Gasteiger charge is 2.41. The first-order valence-corrected chi connectivity index (χ1v) is 10.1. The molecule has 0 radical (unpaired) electrons. The highest BCUT2D eigenvalue weighted by atomic mass is 35.5. The van der Waals surface area contributed by atoms with E-state index < -0.39 is 17.8 Å². The Kier molecular flexibility index (Phi) is 6.94. The van der Waals surface area contributed by atoms with Crippen molar-refractivity contribution in [3.8, 4) is 11.8 Å². The lowest BCUT2D eigenvalue weighted by Crippen LogP contribution is -2.35. The van der Waals surface area contributed by atoms with Gasteiger partial charge in [-0.1, -0.05) is 30.7 Å². The zero-order valence-electron chi connectivity index (χ0n) is 17.1. The fourth-order valence-corrected chi connectivity index (χ4v) is 3.62. The molecule has 2 aromatic rings. The first-order valence-electron chi connectivity index (χ1n) is 9.76. The van der Waals surface area contributed by atoms with E-state index in [0.717, 1.165) is 17.7 Å². The van der Waals surface area contributed by atoms with Crippen molar-refractivity contribution in [2.45, 2.75) is 32.5 Å². The highest BCUT2D eigenvalue weighted by Crippen LogP contribution is 2.36. The summed E-state index contributed by atoms with van der Waals surface area (Å²) >= 11 is 5.99. The Morgan fingerprint density at radius 3 is 2.50 bits per heavy atom. The summed E-state index contributed by atoms with van der Waals surface area (Å²) in [6.07, 6.45) is -3.10. The van der Waals surface area contributed by atoms with Crippen LogP contribution in [0.2, 0.25) is 5.02 Å². The molecule has 0 saturated carbocycles. The van der Waals surface area contributed by atoms with Gasteiger partial charge in [-0.25, -0.2) is 9.80 Å². The van der Waals surface area contributed by atoms with E-state index in [1.165, 1.54) is 17.1 Å². The van der Waals surface area contributed by atoms with Gasteiger partial charge in [0, 0.05) is 22.5 Å². The lowest BCUT2D eigenvalue weighted by Gasteiger charge is -2.26. The molecule has 0 bridgehead atoms. The largest absolute Gasteiger partial charge is 0.573 e. The smallest absolute Gasteiger partial charge is 0.406 e. The molecule has 1 aliphatic heterocycles. The first-order chi connectivity index (χ1) is 15.1. The Balaban J connectivity index is 1.77. The number of hydrogen-bond donors (Lipinski definition) is 1. The average Bonchev–Trinajstić information content (AvgIpc) is 3.07. The van der Waals surface area contributed by atoms with Gasteiger partial charge in [-0.3, -0.25) is 0 Å². The fourth-order valence-electron chi connectivity index (χ4n) is 3.50. The predicted octanol–water partition coefficient (Wildman–Crippen LogP) is 6.19. The zero-order valence-corrected chi connectivity index (χ0v) is 17.9. The number of anilines is 1. The number of halogens is 4. The van der Waals surface area contributed by atoms with Gasteiger partial charge in [0.2, 0.25) is 0 Å². The fraction of sp³-hybridized carbons (Fsp3) is 0.318. The number of carbonyl (C=O) groups excluding carboxylic acids is 1. The van der Waals surface area contributed by atoms with E-state index in [2.05, 4.69) is 21.2 Å². The molecule has 32 heavy (non-hydrogen) atoms. The van der Waals surface area contributed by atoms with E-state index in [4.69, 9.17) is 16.9 Å². The molecule has 0 fully saturated rings. The quantitative estimate of drug-likeness (QED) is 0.518. The Morgan fingerprint density at radius 1 is 1.25 bits per heavy atom. The molecule has 3 rings (SSSR count). The van der Waals surface area contributed by atoms with Crippen LogP contribution < -0.4 is 10.1 Å². The summed E-state index contributed by atoms with van der Waals surface area (Å²) in [5.74, 6) is -0.384. The van der Waals surface area contributed by atoms with Gasteiger partial charge in [-0.2, -0.15) is 10.4 Å². The molecule has 10 heteroatoms. The molecule has 1 aliphatic rings. The lowest BCUT2D eigenvalue weighted by atomic mass is 9.78. The second-order valence-corrected chi connectivity index (χ2v) is 8.02. The van der Waals surface area contributed by atoms with Gasteiger partial charge >= 0.3 is 12.4 Å². The van der Waals surface area contributed by atoms with Gasteiger partial charge in [0.05, 0.1) is 18.3 Å². The van der Waals surface area contributed by atoms with Crippen molar-refractivity contribution in [3.63, 3.8) is 0 Å². The predicted molar refractivity (Wildman–Crippen MR) is 114 cm³/mol. The van der Waals surface area contributed by atoms with Crippen molar-refractivity contribution in [2.75, 3.05) is 11.9 Å². The van der Waals surface area contributed by atoms with E-state index in [0.29, 0.717) is 35.7 Å². The van der Waals surface area contributed by atoms with Crippen LogP contribution in [0.1, 0.15) is 31.7 Å². The number of hydrogen-bond acceptors (Lipinski definition) is 4. The van der Waals surface area contributed by atoms with Crippen molar-refractivity contribution in [2.24, 2.45) is 10.5 Å². The number of carbonyl (C=O) groups is 1. The molecule has 1 N–H and O–H groups in total. The summed E-state index contributed by atoms with van der Waals surface area (Å²) in [5.41, 5.74) is 1.34. The number of urea groups is 1. The van der Waals surface area contributed by atoms with E-state index in [1.54, 1.807) is 12.1 Å². The Hall–Kier alpha value is -3.25. The standard InChI is InChI=1S/C22H20ClF3N4O2/c1-21(12-2-3-13-27)14-30(29-19(21)15-4-6-16(23)7-5-15)20(31)28-17-8-10-18(11-9-17)32-22(24,25)26/h4-11H,2-3,12,14H2,1H3,(H,28,31). The van der Waals surface area contributed by atoms with Crippen molar-refractivity contribution >= 4 is 29.0 Å². The lowest BCUT2D eigenvalue weighted by molar-refractivity contribution is -0.274. The molecule has 0 spiro atoms. The van der Waals surface area contributed by atoms with Gasteiger partial charge in [0.25, 0.3) is 0 Å². The van der Waals surface area contributed by atoms with Crippen LogP contribution in [-0.4, -0.2) is 29.7 Å². The SMILES string of the molecule is CC1(CCCC#N)CN(C(=O)Nc2ccc(OC(F)(F)F)cc2)N=C1c1ccc(Cl)cc1. The monoisotopic (exact) mass is 464 g/mol. The number of hydrazone groups is 1. The maximum atomic E-state index is 12.8. The molecule has 0 aliphatic carbocycles. The van der Waals surface area contributed by atoms with Crippen LogP contribution in [0, 0.1) is 16.7 Å². The number of nitriles is 1. The van der Waals surface area contributed by atoms with Crippen LogP contribution in [-0.2, 0) is 0 Å². The van der Waals surface area contributed by atoms with Gasteiger partial charge in [0.15, 0.2) is 0 Å². The second-order valence-electron chi connectivity index (χ2n) is 7.59. The summed E-state index contributed by atoms with van der Waals surface area (Å²) in [7, 11) is 0. The molecule has 2 aromatic carbocycles. The summed E-state index contributed by atoms with van der Waals surface area (Å²) in [6, 6.07) is 13.6. The molecule has 0 aromatic heterocycles. The van der Waals surface area contributed by atoms with Crippen LogP contribution >= 0.6 is 11.6 Å². The molecular weight excluding hydrogens is 445 g/mol. The zero-order chi connectivity index (χ0) is 23.4. The third-order valence-corrected chi connectivity index (χ3v) is 5.25. The molecule has 1 unspecified atom stereocenters. The number of nitrogens with zero attached hydrogens (tertiary/aromatic N) is 3. The summed E-state index contributed by atoms with van der Waals surface area (Å²) < 4.78 is 40.7. The Bertz CT molecular complexity index is 1030. The molecule has 168 valence electrons. The topological polar surface area (TPSA) is 77.7 Å². The van der Waals surface area contributed by atoms with Crippen molar-refractivity contribution < 1.29 is 22.7 Å². The number of amides is 2. The van der Waals surface area contributed by atoms with Crippen LogP contribution in [0.15, 0.2) is 53.6 Å². The summed E-state index contributed by atoms with van der Waals surface area (Å²) in [6.45, 7) is 2.27. The van der Waals surface area contributed by atoms with E-state index in [-0.39, 0.29) is 12.3 Å². The minimum Gasteiger partial charge on any atom is -0.406 e. The van der Waals surface area contributed by atoms with Crippen molar-refractivity contribution in [1.29, 1.82) is 5.26 Å². The van der Waals surface area contributed by atoms with E-state index in [1.807, 2.05) is 19.1 Å². The minimum absolute atomic E-state index is 0.289. The van der Waals surface area contributed by atoms with Crippen molar-refractivity contribution in [1.82, 2.24) is 5.01 Å². The third-order valence-electron chi connectivity index (χ3n) is 5.00. The normalized spacial score (nSPS) is 18.1. The molecular formula is C22H20ClF3N4O2. The highest BCUT2D eigenvalue weighted by molar-refractivity contribution is 6.30. The third kappa shape index (κ3) is 5.92.